The molecule has 2 aromatic heterocycles. The Hall–Kier alpha value is -4.14. The Morgan fingerprint density at radius 3 is 2.59 bits per heavy atom. The quantitative estimate of drug-likeness (QED) is 0.458. The van der Waals surface area contributed by atoms with Crippen molar-refractivity contribution in [2.75, 3.05) is 11.9 Å². The number of hydrogen-bond donors (Lipinski definition) is 1. The lowest BCUT2D eigenvalue weighted by molar-refractivity contribution is -0.118. The molecule has 0 bridgehead atoms. The van der Waals surface area contributed by atoms with Gasteiger partial charge in [-0.3, -0.25) is 14.3 Å². The van der Waals surface area contributed by atoms with Gasteiger partial charge in [-0.15, -0.1) is 0 Å². The van der Waals surface area contributed by atoms with E-state index in [1.54, 1.807) is 47.4 Å². The van der Waals surface area contributed by atoms with E-state index in [1.165, 1.54) is 10.6 Å². The molecular formula is C23H23N5O4. The lowest BCUT2D eigenvalue weighted by Gasteiger charge is -2.10. The van der Waals surface area contributed by atoms with Gasteiger partial charge in [-0.2, -0.15) is 9.50 Å². The summed E-state index contributed by atoms with van der Waals surface area (Å²) < 4.78 is 14.4. The highest BCUT2D eigenvalue weighted by Gasteiger charge is 2.11. The first-order valence-electron chi connectivity index (χ1n) is 10.2. The van der Waals surface area contributed by atoms with Gasteiger partial charge in [0.2, 0.25) is 0 Å². The topological polar surface area (TPSA) is 99.8 Å². The molecule has 0 saturated heterocycles. The number of hydrogen-bond acceptors (Lipinski definition) is 6. The van der Waals surface area contributed by atoms with Gasteiger partial charge >= 0.3 is 0 Å². The van der Waals surface area contributed by atoms with Gasteiger partial charge in [0.25, 0.3) is 17.2 Å². The second kappa shape index (κ2) is 9.34. The third-order valence-electron chi connectivity index (χ3n) is 4.60. The highest BCUT2D eigenvalue weighted by atomic mass is 16.5. The van der Waals surface area contributed by atoms with Gasteiger partial charge in [-0.25, -0.2) is 4.98 Å². The van der Waals surface area contributed by atoms with Crippen LogP contribution in [0.5, 0.6) is 11.5 Å². The van der Waals surface area contributed by atoms with Crippen LogP contribution in [0.3, 0.4) is 0 Å². The van der Waals surface area contributed by atoms with Crippen molar-refractivity contribution in [1.29, 1.82) is 0 Å². The molecule has 4 rings (SSSR count). The minimum Gasteiger partial charge on any atom is -0.487 e. The molecule has 0 fully saturated rings. The van der Waals surface area contributed by atoms with Crippen LogP contribution in [-0.4, -0.2) is 31.7 Å². The molecule has 0 aliphatic heterocycles. The number of rotatable bonds is 8. The van der Waals surface area contributed by atoms with Crippen molar-refractivity contribution < 1.29 is 14.3 Å². The Balaban J connectivity index is 1.38. The third-order valence-corrected chi connectivity index (χ3v) is 4.60. The minimum atomic E-state index is -0.285. The van der Waals surface area contributed by atoms with Crippen LogP contribution in [0, 0.1) is 0 Å². The maximum absolute atomic E-state index is 12.5. The van der Waals surface area contributed by atoms with E-state index in [4.69, 9.17) is 9.47 Å². The van der Waals surface area contributed by atoms with Gasteiger partial charge in [0.05, 0.1) is 5.69 Å². The normalized spacial score (nSPS) is 11.0. The second-order valence-corrected chi connectivity index (χ2v) is 7.38. The van der Waals surface area contributed by atoms with Crippen LogP contribution in [0.25, 0.3) is 5.78 Å². The molecule has 9 heteroatoms. The van der Waals surface area contributed by atoms with E-state index in [2.05, 4.69) is 15.3 Å². The van der Waals surface area contributed by atoms with Crippen molar-refractivity contribution >= 4 is 17.4 Å². The van der Waals surface area contributed by atoms with Crippen molar-refractivity contribution in [3.05, 3.63) is 83.0 Å². The van der Waals surface area contributed by atoms with Crippen molar-refractivity contribution in [2.24, 2.45) is 0 Å². The van der Waals surface area contributed by atoms with Gasteiger partial charge in [0.15, 0.2) is 6.61 Å². The number of carbonyl (C=O) groups is 1. The summed E-state index contributed by atoms with van der Waals surface area (Å²) in [5.74, 6) is 1.19. The predicted octanol–water partition coefficient (Wildman–Crippen LogP) is 3.07. The number of benzene rings is 2. The van der Waals surface area contributed by atoms with Crippen molar-refractivity contribution in [3.8, 4) is 11.5 Å². The summed E-state index contributed by atoms with van der Waals surface area (Å²) in [5.41, 5.74) is 0.817. The SMILES string of the molecule is CC(C)n1cnc2nc(COc3cccc(NC(=O)COc4ccccc4)c3)cc(=O)n21. The number of amides is 1. The van der Waals surface area contributed by atoms with Gasteiger partial charge in [-0.05, 0) is 38.1 Å². The Labute approximate surface area is 184 Å². The number of aromatic nitrogens is 4. The van der Waals surface area contributed by atoms with E-state index in [0.717, 1.165) is 0 Å². The van der Waals surface area contributed by atoms with E-state index in [0.29, 0.717) is 28.7 Å². The fourth-order valence-corrected chi connectivity index (χ4v) is 3.10. The van der Waals surface area contributed by atoms with E-state index in [1.807, 2.05) is 32.0 Å². The summed E-state index contributed by atoms with van der Waals surface area (Å²) in [6.45, 7) is 3.91. The first kappa shape index (κ1) is 21.1. The Morgan fingerprint density at radius 2 is 1.81 bits per heavy atom. The molecule has 0 radical (unpaired) electrons. The van der Waals surface area contributed by atoms with Crippen LogP contribution >= 0.6 is 0 Å². The molecule has 2 heterocycles. The van der Waals surface area contributed by atoms with Crippen LogP contribution < -0.4 is 20.3 Å². The first-order chi connectivity index (χ1) is 15.5. The second-order valence-electron chi connectivity index (χ2n) is 7.38. The zero-order valence-electron chi connectivity index (χ0n) is 17.8. The fourth-order valence-electron chi connectivity index (χ4n) is 3.10. The summed E-state index contributed by atoms with van der Waals surface area (Å²) in [5, 5.41) is 2.77. The fraction of sp³-hybridized carbons (Fsp3) is 0.217. The van der Waals surface area contributed by atoms with Gasteiger partial charge in [0.1, 0.15) is 24.4 Å². The molecule has 9 nitrogen and oxygen atoms in total. The largest absolute Gasteiger partial charge is 0.487 e. The summed E-state index contributed by atoms with van der Waals surface area (Å²) >= 11 is 0. The van der Waals surface area contributed by atoms with Crippen molar-refractivity contribution in [1.82, 2.24) is 19.2 Å². The predicted molar refractivity (Wildman–Crippen MR) is 119 cm³/mol. The molecule has 0 aliphatic carbocycles. The molecule has 0 saturated carbocycles. The number of carbonyl (C=O) groups excluding carboxylic acids is 1. The third kappa shape index (κ3) is 4.94. The number of fused-ring (bicyclic) bond motifs is 1. The van der Waals surface area contributed by atoms with Crippen LogP contribution in [0.2, 0.25) is 0 Å². The zero-order chi connectivity index (χ0) is 22.5. The van der Waals surface area contributed by atoms with Gasteiger partial charge in [0, 0.05) is 23.9 Å². The number of para-hydroxylation sites is 1. The summed E-state index contributed by atoms with van der Waals surface area (Å²) in [7, 11) is 0. The smallest absolute Gasteiger partial charge is 0.274 e. The van der Waals surface area contributed by atoms with Crippen molar-refractivity contribution in [3.63, 3.8) is 0 Å². The maximum atomic E-state index is 12.5. The molecule has 4 aromatic rings. The Kier molecular flexibility index (Phi) is 6.16. The number of nitrogens with zero attached hydrogens (tertiary/aromatic N) is 4. The molecule has 1 amide bonds. The molecule has 32 heavy (non-hydrogen) atoms. The Bertz CT molecular complexity index is 1280. The zero-order valence-corrected chi connectivity index (χ0v) is 17.8. The van der Waals surface area contributed by atoms with Gasteiger partial charge < -0.3 is 14.8 Å². The molecule has 0 unspecified atom stereocenters. The average Bonchev–Trinajstić information content (AvgIpc) is 3.22. The van der Waals surface area contributed by atoms with E-state index in [-0.39, 0.29) is 30.7 Å². The summed E-state index contributed by atoms with van der Waals surface area (Å²) in [6.07, 6.45) is 1.59. The Morgan fingerprint density at radius 1 is 1.03 bits per heavy atom. The van der Waals surface area contributed by atoms with E-state index >= 15 is 0 Å². The van der Waals surface area contributed by atoms with Crippen LogP contribution in [-0.2, 0) is 11.4 Å². The number of ether oxygens (including phenoxy) is 2. The molecule has 0 atom stereocenters. The monoisotopic (exact) mass is 433 g/mol. The average molecular weight is 433 g/mol. The number of anilines is 1. The highest BCUT2D eigenvalue weighted by Crippen LogP contribution is 2.18. The highest BCUT2D eigenvalue weighted by molar-refractivity contribution is 5.92. The molecule has 2 aromatic carbocycles. The molecular weight excluding hydrogens is 410 g/mol. The summed E-state index contributed by atoms with van der Waals surface area (Å²) in [6, 6.07) is 17.6. The lowest BCUT2D eigenvalue weighted by atomic mass is 10.3. The van der Waals surface area contributed by atoms with E-state index < -0.39 is 0 Å². The van der Waals surface area contributed by atoms with Crippen LogP contribution in [0.15, 0.2) is 71.8 Å². The molecule has 1 N–H and O–H groups in total. The number of nitrogens with one attached hydrogen (secondary N) is 1. The molecule has 164 valence electrons. The maximum Gasteiger partial charge on any atom is 0.274 e. The van der Waals surface area contributed by atoms with Crippen molar-refractivity contribution in [2.45, 2.75) is 26.5 Å². The summed E-state index contributed by atoms with van der Waals surface area (Å²) in [4.78, 5) is 33.2. The van der Waals surface area contributed by atoms with Crippen LogP contribution in [0.1, 0.15) is 25.6 Å². The molecule has 0 spiro atoms. The van der Waals surface area contributed by atoms with Gasteiger partial charge in [-0.1, -0.05) is 24.3 Å². The van der Waals surface area contributed by atoms with Crippen LogP contribution in [0.4, 0.5) is 5.69 Å². The minimum absolute atomic E-state index is 0.0812. The molecule has 0 aliphatic rings. The first-order valence-corrected chi connectivity index (χ1v) is 10.2. The standard InChI is InChI=1S/C23H23N5O4/c1-16(2)27-15-24-23-26-18(12-22(30)28(23)27)13-31-20-10-6-7-17(11-20)25-21(29)14-32-19-8-4-3-5-9-19/h3-12,15-16H,13-14H2,1-2H3,(H,25,29). The lowest BCUT2D eigenvalue weighted by Crippen LogP contribution is -2.23. The van der Waals surface area contributed by atoms with E-state index in [9.17, 15) is 9.59 Å².